The van der Waals surface area contributed by atoms with Crippen molar-refractivity contribution in [1.29, 1.82) is 0 Å². The Morgan fingerprint density at radius 2 is 1.46 bits per heavy atom. The van der Waals surface area contributed by atoms with Crippen LogP contribution < -0.4 is 25.4 Å². The van der Waals surface area contributed by atoms with E-state index in [1.54, 1.807) is 20.3 Å². The number of carbonyl (C=O) groups is 1. The minimum absolute atomic E-state index is 0.129. The summed E-state index contributed by atoms with van der Waals surface area (Å²) in [5.41, 5.74) is 3.15. The first-order valence-corrected chi connectivity index (χ1v) is 12.8. The average molecular weight is 530 g/mol. The summed E-state index contributed by atoms with van der Waals surface area (Å²) in [5.74, 6) is 1.25. The minimum atomic E-state index is -0.471. The molecule has 3 N–H and O–H groups in total. The predicted octanol–water partition coefficient (Wildman–Crippen LogP) is 6.98. The smallest absolute Gasteiger partial charge is 0.242 e. The fourth-order valence-electron chi connectivity index (χ4n) is 3.63. The Labute approximate surface area is 226 Å². The van der Waals surface area contributed by atoms with E-state index in [4.69, 9.17) is 21.7 Å². The second-order valence-electron chi connectivity index (χ2n) is 7.94. The first-order chi connectivity index (χ1) is 18.1. The van der Waals surface area contributed by atoms with E-state index in [1.807, 2.05) is 97.1 Å². The lowest BCUT2D eigenvalue weighted by atomic mass is 10.1. The van der Waals surface area contributed by atoms with E-state index < -0.39 is 5.25 Å². The third kappa shape index (κ3) is 7.25. The van der Waals surface area contributed by atoms with Crippen molar-refractivity contribution in [2.24, 2.45) is 0 Å². The van der Waals surface area contributed by atoms with Crippen LogP contribution >= 0.6 is 24.0 Å². The number of amides is 1. The molecule has 37 heavy (non-hydrogen) atoms. The number of thiocarbonyl (C=S) groups is 1. The van der Waals surface area contributed by atoms with E-state index in [1.165, 1.54) is 11.8 Å². The molecule has 0 fully saturated rings. The predicted molar refractivity (Wildman–Crippen MR) is 156 cm³/mol. The van der Waals surface area contributed by atoms with Crippen molar-refractivity contribution in [3.63, 3.8) is 0 Å². The quantitative estimate of drug-likeness (QED) is 0.159. The molecule has 1 unspecified atom stereocenters. The maximum Gasteiger partial charge on any atom is 0.242 e. The number of nitrogens with one attached hydrogen (secondary N) is 3. The summed E-state index contributed by atoms with van der Waals surface area (Å²) in [6, 6.07) is 32.4. The molecule has 0 spiro atoms. The van der Waals surface area contributed by atoms with Crippen molar-refractivity contribution in [3.05, 3.63) is 109 Å². The molecule has 0 heterocycles. The lowest BCUT2D eigenvalue weighted by molar-refractivity contribution is -0.115. The molecule has 0 saturated heterocycles. The molecule has 0 saturated carbocycles. The number of benzene rings is 4. The molecule has 6 nitrogen and oxygen atoms in total. The molecule has 1 atom stereocenters. The normalized spacial score (nSPS) is 11.2. The van der Waals surface area contributed by atoms with E-state index in [2.05, 4.69) is 16.0 Å². The number of hydrogen-bond acceptors (Lipinski definition) is 5. The molecule has 0 bridgehead atoms. The summed E-state index contributed by atoms with van der Waals surface area (Å²) in [6.45, 7) is 0. The molecule has 0 aliphatic heterocycles. The van der Waals surface area contributed by atoms with Gasteiger partial charge in [-0.15, -0.1) is 11.8 Å². The van der Waals surface area contributed by atoms with Gasteiger partial charge in [0.2, 0.25) is 5.91 Å². The number of methoxy groups -OCH3 is 2. The number of rotatable bonds is 9. The average Bonchev–Trinajstić information content (AvgIpc) is 2.92. The van der Waals surface area contributed by atoms with Crippen molar-refractivity contribution in [3.8, 4) is 11.5 Å². The van der Waals surface area contributed by atoms with Crippen LogP contribution in [0.1, 0.15) is 10.8 Å². The van der Waals surface area contributed by atoms with Gasteiger partial charge in [-0.05, 0) is 60.2 Å². The van der Waals surface area contributed by atoms with Gasteiger partial charge in [-0.1, -0.05) is 54.6 Å². The van der Waals surface area contributed by atoms with Crippen LogP contribution in [0.4, 0.5) is 17.1 Å². The Morgan fingerprint density at radius 3 is 2.22 bits per heavy atom. The van der Waals surface area contributed by atoms with E-state index in [9.17, 15) is 4.79 Å². The highest BCUT2D eigenvalue weighted by atomic mass is 32.2. The van der Waals surface area contributed by atoms with Crippen LogP contribution in [0.25, 0.3) is 0 Å². The zero-order valence-electron chi connectivity index (χ0n) is 20.4. The molecule has 0 radical (unpaired) electrons. The summed E-state index contributed by atoms with van der Waals surface area (Å²) in [4.78, 5) is 14.3. The molecular formula is C29H27N3O3S2. The highest BCUT2D eigenvalue weighted by molar-refractivity contribution is 8.00. The van der Waals surface area contributed by atoms with Gasteiger partial charge in [-0.3, -0.25) is 4.79 Å². The molecule has 8 heteroatoms. The van der Waals surface area contributed by atoms with E-state index in [0.717, 1.165) is 21.8 Å². The number of para-hydroxylation sites is 2. The Bertz CT molecular complexity index is 1370. The monoisotopic (exact) mass is 529 g/mol. The minimum Gasteiger partial charge on any atom is -0.497 e. The van der Waals surface area contributed by atoms with Crippen LogP contribution in [0.3, 0.4) is 0 Å². The topological polar surface area (TPSA) is 71.6 Å². The van der Waals surface area contributed by atoms with Gasteiger partial charge in [0.15, 0.2) is 5.11 Å². The van der Waals surface area contributed by atoms with Crippen LogP contribution in [-0.4, -0.2) is 25.2 Å². The van der Waals surface area contributed by atoms with Gasteiger partial charge in [0.1, 0.15) is 16.7 Å². The van der Waals surface area contributed by atoms with Crippen LogP contribution in [0.2, 0.25) is 0 Å². The summed E-state index contributed by atoms with van der Waals surface area (Å²) in [5, 5.41) is 9.36. The van der Waals surface area contributed by atoms with Crippen molar-refractivity contribution in [1.82, 2.24) is 0 Å². The first kappa shape index (κ1) is 26.1. The van der Waals surface area contributed by atoms with Gasteiger partial charge in [0, 0.05) is 22.3 Å². The van der Waals surface area contributed by atoms with E-state index in [-0.39, 0.29) is 5.91 Å². The Morgan fingerprint density at radius 1 is 0.757 bits per heavy atom. The Balaban J connectivity index is 1.50. The van der Waals surface area contributed by atoms with Gasteiger partial charge < -0.3 is 25.4 Å². The zero-order chi connectivity index (χ0) is 26.0. The van der Waals surface area contributed by atoms with Gasteiger partial charge in [0.25, 0.3) is 0 Å². The molecule has 1 amide bonds. The summed E-state index contributed by atoms with van der Waals surface area (Å²) < 4.78 is 10.7. The van der Waals surface area contributed by atoms with Crippen molar-refractivity contribution < 1.29 is 14.3 Å². The van der Waals surface area contributed by atoms with Crippen LogP contribution in [0, 0.1) is 0 Å². The molecule has 188 valence electrons. The number of hydrogen-bond donors (Lipinski definition) is 3. The fraction of sp³-hybridized carbons (Fsp3) is 0.103. The summed E-state index contributed by atoms with van der Waals surface area (Å²) in [7, 11) is 3.22. The largest absolute Gasteiger partial charge is 0.497 e. The third-order valence-corrected chi connectivity index (χ3v) is 6.83. The maximum absolute atomic E-state index is 13.4. The van der Waals surface area contributed by atoms with Crippen molar-refractivity contribution in [2.75, 3.05) is 30.2 Å². The number of carbonyl (C=O) groups excluding carboxylic acids is 1. The van der Waals surface area contributed by atoms with Gasteiger partial charge >= 0.3 is 0 Å². The Kier molecular flexibility index (Phi) is 9.02. The highest BCUT2D eigenvalue weighted by Gasteiger charge is 2.22. The van der Waals surface area contributed by atoms with Gasteiger partial charge in [-0.2, -0.15) is 0 Å². The molecule has 4 aromatic carbocycles. The molecule has 4 aromatic rings. The van der Waals surface area contributed by atoms with E-state index in [0.29, 0.717) is 22.3 Å². The molecular weight excluding hydrogens is 502 g/mol. The van der Waals surface area contributed by atoms with Crippen molar-refractivity contribution >= 4 is 52.1 Å². The first-order valence-electron chi connectivity index (χ1n) is 11.5. The van der Waals surface area contributed by atoms with E-state index >= 15 is 0 Å². The lowest BCUT2D eigenvalue weighted by Gasteiger charge is -2.18. The Hall–Kier alpha value is -4.01. The fourth-order valence-corrected chi connectivity index (χ4v) is 4.94. The van der Waals surface area contributed by atoms with Crippen molar-refractivity contribution in [2.45, 2.75) is 10.1 Å². The summed E-state index contributed by atoms with van der Waals surface area (Å²) in [6.07, 6.45) is 0. The third-order valence-electron chi connectivity index (χ3n) is 5.38. The highest BCUT2D eigenvalue weighted by Crippen LogP contribution is 2.37. The standard InChI is InChI=1S/C29H27N3O3S2/c1-34-23-14-8-12-21(18-23)30-28(33)27(20-10-4-3-5-11-20)37-24-15-9-13-22(19-24)31-29(36)32-25-16-6-7-17-26(25)35-2/h3-19,27H,1-2H3,(H,30,33)(H2,31,32,36). The van der Waals surface area contributed by atoms with Crippen LogP contribution in [0.5, 0.6) is 11.5 Å². The summed E-state index contributed by atoms with van der Waals surface area (Å²) >= 11 is 6.97. The van der Waals surface area contributed by atoms with Gasteiger partial charge in [-0.25, -0.2) is 0 Å². The zero-order valence-corrected chi connectivity index (χ0v) is 22.1. The van der Waals surface area contributed by atoms with Crippen LogP contribution in [-0.2, 0) is 4.79 Å². The number of anilines is 3. The molecule has 0 aliphatic carbocycles. The molecule has 0 aromatic heterocycles. The maximum atomic E-state index is 13.4. The number of ether oxygens (including phenoxy) is 2. The second-order valence-corrected chi connectivity index (χ2v) is 9.52. The number of thioether (sulfide) groups is 1. The SMILES string of the molecule is COc1cccc(NC(=O)C(Sc2cccc(NC(=S)Nc3ccccc3OC)c2)c2ccccc2)c1. The van der Waals surface area contributed by atoms with Crippen LogP contribution in [0.15, 0.2) is 108 Å². The van der Waals surface area contributed by atoms with Gasteiger partial charge in [0.05, 0.1) is 19.9 Å². The molecule has 0 aliphatic rings. The lowest BCUT2D eigenvalue weighted by Crippen LogP contribution is -2.20. The molecule has 4 rings (SSSR count). The second kappa shape index (κ2) is 12.8.